The summed E-state index contributed by atoms with van der Waals surface area (Å²) in [5.41, 5.74) is 5.57. The van der Waals surface area contributed by atoms with E-state index in [-0.39, 0.29) is 12.0 Å². The molecule has 1 atom stereocenters. The van der Waals surface area contributed by atoms with Crippen LogP contribution >= 0.6 is 0 Å². The molecule has 0 aromatic rings. The van der Waals surface area contributed by atoms with Gasteiger partial charge in [-0.15, -0.1) is 0 Å². The van der Waals surface area contributed by atoms with Gasteiger partial charge in [0.25, 0.3) is 0 Å². The van der Waals surface area contributed by atoms with Gasteiger partial charge in [0.05, 0.1) is 6.10 Å². The molecule has 0 saturated heterocycles. The minimum absolute atomic E-state index is 0.183. The summed E-state index contributed by atoms with van der Waals surface area (Å²) in [6, 6.07) is 0. The summed E-state index contributed by atoms with van der Waals surface area (Å²) in [6.07, 6.45) is 12.9. The van der Waals surface area contributed by atoms with Crippen LogP contribution < -0.4 is 0 Å². The highest BCUT2D eigenvalue weighted by Crippen LogP contribution is 2.39. The van der Waals surface area contributed by atoms with Gasteiger partial charge in [0.1, 0.15) is 0 Å². The summed E-state index contributed by atoms with van der Waals surface area (Å²) in [4.78, 5) is 0. The van der Waals surface area contributed by atoms with Gasteiger partial charge in [0, 0.05) is 5.92 Å². The Labute approximate surface area is 138 Å². The number of hydrogen-bond donors (Lipinski definition) is 1. The van der Waals surface area contributed by atoms with Gasteiger partial charge in [0.15, 0.2) is 0 Å². The van der Waals surface area contributed by atoms with Crippen LogP contribution in [-0.2, 0) is 0 Å². The second-order valence-electron chi connectivity index (χ2n) is 7.28. The maximum Gasteiger partial charge on any atom is 0.0642 e. The van der Waals surface area contributed by atoms with Gasteiger partial charge < -0.3 is 5.11 Å². The fourth-order valence-corrected chi connectivity index (χ4v) is 3.79. The molecule has 0 aliphatic heterocycles. The van der Waals surface area contributed by atoms with E-state index < -0.39 is 0 Å². The molecule has 0 radical (unpaired) electrons. The third-order valence-corrected chi connectivity index (χ3v) is 5.67. The van der Waals surface area contributed by atoms with Crippen molar-refractivity contribution in [3.05, 3.63) is 22.3 Å². The molecule has 0 saturated carbocycles. The van der Waals surface area contributed by atoms with Crippen LogP contribution in [0.5, 0.6) is 0 Å². The Balaban J connectivity index is 2.16. The van der Waals surface area contributed by atoms with Crippen molar-refractivity contribution in [3.63, 3.8) is 0 Å². The highest BCUT2D eigenvalue weighted by molar-refractivity contribution is 5.46. The molecule has 0 heterocycles. The maximum atomic E-state index is 10.6. The first-order valence-electron chi connectivity index (χ1n) is 9.53. The average Bonchev–Trinajstić information content (AvgIpc) is 2.69. The summed E-state index contributed by atoms with van der Waals surface area (Å²) < 4.78 is 0. The Kier molecular flexibility index (Phi) is 9.09. The van der Waals surface area contributed by atoms with Gasteiger partial charge in [-0.25, -0.2) is 0 Å². The largest absolute Gasteiger partial charge is 0.392 e. The van der Waals surface area contributed by atoms with Crippen LogP contribution in [0.25, 0.3) is 0 Å². The van der Waals surface area contributed by atoms with Gasteiger partial charge in [0.2, 0.25) is 0 Å². The smallest absolute Gasteiger partial charge is 0.0642 e. The summed E-state index contributed by atoms with van der Waals surface area (Å²) in [6.45, 7) is 11.0. The van der Waals surface area contributed by atoms with Gasteiger partial charge in [-0.2, -0.15) is 0 Å². The van der Waals surface area contributed by atoms with E-state index in [1.165, 1.54) is 80.1 Å². The maximum absolute atomic E-state index is 10.6. The third kappa shape index (κ3) is 5.57. The lowest BCUT2D eigenvalue weighted by Gasteiger charge is -2.22. The van der Waals surface area contributed by atoms with Crippen molar-refractivity contribution >= 4 is 0 Å². The zero-order valence-corrected chi connectivity index (χ0v) is 15.7. The number of aliphatic hydroxyl groups excluding tert-OH is 1. The van der Waals surface area contributed by atoms with Crippen molar-refractivity contribution in [2.75, 3.05) is 0 Å². The number of allylic oxidation sites excluding steroid dienone is 2. The fraction of sp³-hybridized carbons (Fsp3) is 0.810. The highest BCUT2D eigenvalue weighted by atomic mass is 16.3. The molecule has 0 fully saturated rings. The number of unbranched alkanes of at least 4 members (excludes halogenated alkanes) is 8. The Morgan fingerprint density at radius 3 is 1.59 bits per heavy atom. The average molecular weight is 307 g/mol. The number of aliphatic hydroxyl groups is 1. The van der Waals surface area contributed by atoms with Gasteiger partial charge in [-0.3, -0.25) is 0 Å². The molecule has 128 valence electrons. The van der Waals surface area contributed by atoms with E-state index >= 15 is 0 Å². The van der Waals surface area contributed by atoms with E-state index in [1.807, 2.05) is 0 Å². The SMILES string of the molecule is CCCCCCCCCCCC(O)C1C(C)=C(C)C(C)=C1C. The predicted octanol–water partition coefficient (Wildman–Crippen LogP) is 6.57. The Hall–Kier alpha value is -0.560. The normalized spacial score (nSPS) is 17.7. The van der Waals surface area contributed by atoms with Crippen molar-refractivity contribution < 1.29 is 5.11 Å². The first-order chi connectivity index (χ1) is 10.5. The Morgan fingerprint density at radius 1 is 0.727 bits per heavy atom. The van der Waals surface area contributed by atoms with E-state index in [1.54, 1.807) is 0 Å². The van der Waals surface area contributed by atoms with Crippen LogP contribution in [0.1, 0.15) is 98.8 Å². The van der Waals surface area contributed by atoms with Crippen molar-refractivity contribution in [1.29, 1.82) is 0 Å². The van der Waals surface area contributed by atoms with Crippen LogP contribution in [0.3, 0.4) is 0 Å². The van der Waals surface area contributed by atoms with Gasteiger partial charge in [-0.1, -0.05) is 75.9 Å². The topological polar surface area (TPSA) is 20.2 Å². The van der Waals surface area contributed by atoms with Crippen LogP contribution in [0.15, 0.2) is 22.3 Å². The molecule has 1 N–H and O–H groups in total. The van der Waals surface area contributed by atoms with Crippen molar-refractivity contribution in [3.8, 4) is 0 Å². The number of hydrogen-bond acceptors (Lipinski definition) is 1. The zero-order chi connectivity index (χ0) is 16.5. The predicted molar refractivity (Wildman–Crippen MR) is 98.1 cm³/mol. The van der Waals surface area contributed by atoms with Crippen molar-refractivity contribution in [2.45, 2.75) is 105 Å². The lowest BCUT2D eigenvalue weighted by molar-refractivity contribution is 0.127. The van der Waals surface area contributed by atoms with Gasteiger partial charge in [-0.05, 0) is 45.3 Å². The molecule has 1 heteroatoms. The summed E-state index contributed by atoms with van der Waals surface area (Å²) >= 11 is 0. The molecule has 0 bridgehead atoms. The standard InChI is InChI=1S/C21H38O/c1-6-7-8-9-10-11-12-13-14-15-20(22)21-18(4)16(2)17(3)19(21)5/h20-22H,6-15H2,1-5H3. The van der Waals surface area contributed by atoms with Crippen LogP contribution in [0.2, 0.25) is 0 Å². The van der Waals surface area contributed by atoms with Crippen molar-refractivity contribution in [2.24, 2.45) is 5.92 Å². The number of rotatable bonds is 11. The molecule has 0 amide bonds. The molecule has 1 aliphatic rings. The zero-order valence-electron chi connectivity index (χ0n) is 15.7. The quantitative estimate of drug-likeness (QED) is 0.428. The fourth-order valence-electron chi connectivity index (χ4n) is 3.79. The minimum Gasteiger partial charge on any atom is -0.392 e. The van der Waals surface area contributed by atoms with Crippen LogP contribution in [0.4, 0.5) is 0 Å². The molecule has 1 unspecified atom stereocenters. The lowest BCUT2D eigenvalue weighted by Crippen LogP contribution is -2.21. The van der Waals surface area contributed by atoms with E-state index in [9.17, 15) is 5.11 Å². The second-order valence-corrected chi connectivity index (χ2v) is 7.28. The summed E-state index contributed by atoms with van der Waals surface area (Å²) in [7, 11) is 0. The second kappa shape index (κ2) is 10.3. The van der Waals surface area contributed by atoms with Crippen molar-refractivity contribution in [1.82, 2.24) is 0 Å². The first kappa shape index (κ1) is 19.5. The van der Waals surface area contributed by atoms with E-state index in [4.69, 9.17) is 0 Å². The molecule has 1 nitrogen and oxygen atoms in total. The Morgan fingerprint density at radius 2 is 1.14 bits per heavy atom. The molecule has 0 spiro atoms. The van der Waals surface area contributed by atoms with E-state index in [0.717, 1.165) is 6.42 Å². The summed E-state index contributed by atoms with van der Waals surface area (Å²) in [5.74, 6) is 0.286. The molecule has 22 heavy (non-hydrogen) atoms. The van der Waals surface area contributed by atoms with E-state index in [0.29, 0.717) is 0 Å². The minimum atomic E-state index is -0.183. The molecular weight excluding hydrogens is 268 g/mol. The molecule has 1 aliphatic carbocycles. The van der Waals surface area contributed by atoms with E-state index in [2.05, 4.69) is 34.6 Å². The third-order valence-electron chi connectivity index (χ3n) is 5.67. The Bertz CT molecular complexity index is 365. The molecule has 0 aromatic heterocycles. The highest BCUT2D eigenvalue weighted by Gasteiger charge is 2.29. The lowest BCUT2D eigenvalue weighted by atomic mass is 9.88. The molecule has 1 rings (SSSR count). The monoisotopic (exact) mass is 306 g/mol. The first-order valence-corrected chi connectivity index (χ1v) is 9.53. The molecule has 0 aromatic carbocycles. The van der Waals surface area contributed by atoms with Gasteiger partial charge >= 0.3 is 0 Å². The molecular formula is C21H38O. The van der Waals surface area contributed by atoms with Crippen LogP contribution in [0, 0.1) is 5.92 Å². The van der Waals surface area contributed by atoms with Crippen LogP contribution in [-0.4, -0.2) is 11.2 Å². The summed E-state index contributed by atoms with van der Waals surface area (Å²) in [5, 5.41) is 10.6.